The fourth-order valence-corrected chi connectivity index (χ4v) is 3.69. The Labute approximate surface area is 134 Å². The van der Waals surface area contributed by atoms with E-state index in [2.05, 4.69) is 15.0 Å². The van der Waals surface area contributed by atoms with Crippen molar-refractivity contribution in [2.75, 3.05) is 12.3 Å². The number of anilines is 1. The van der Waals surface area contributed by atoms with Gasteiger partial charge in [-0.3, -0.25) is 19.0 Å². The maximum atomic E-state index is 12.9. The van der Waals surface area contributed by atoms with E-state index in [1.807, 2.05) is 18.5 Å². The lowest BCUT2D eigenvalue weighted by molar-refractivity contribution is 0.0723. The van der Waals surface area contributed by atoms with Crippen LogP contribution in [-0.2, 0) is 13.0 Å². The molecular weight excluding hydrogens is 316 g/mol. The number of aromatic amines is 1. The molecule has 0 unspecified atom stereocenters. The van der Waals surface area contributed by atoms with Crippen LogP contribution in [0.1, 0.15) is 27.4 Å². The van der Waals surface area contributed by atoms with E-state index in [-0.39, 0.29) is 24.0 Å². The third kappa shape index (κ3) is 2.12. The van der Waals surface area contributed by atoms with Crippen LogP contribution in [0.4, 0.5) is 5.95 Å². The van der Waals surface area contributed by atoms with Gasteiger partial charge in [-0.25, -0.2) is 9.97 Å². The summed E-state index contributed by atoms with van der Waals surface area (Å²) in [4.78, 5) is 38.3. The van der Waals surface area contributed by atoms with E-state index >= 15 is 0 Å². The molecular formula is C14H14N6O2S. The highest BCUT2D eigenvalue weighted by Crippen LogP contribution is 2.21. The second kappa shape index (κ2) is 4.92. The number of fused-ring (bicyclic) bond motifs is 2. The zero-order chi connectivity index (χ0) is 16.1. The molecule has 0 bridgehead atoms. The van der Waals surface area contributed by atoms with Crippen molar-refractivity contribution >= 4 is 28.2 Å². The number of aromatic nitrogens is 4. The summed E-state index contributed by atoms with van der Waals surface area (Å²) >= 11 is 1.49. The first-order valence-corrected chi connectivity index (χ1v) is 8.01. The molecule has 0 fully saturated rings. The van der Waals surface area contributed by atoms with E-state index in [0.29, 0.717) is 35.6 Å². The first-order valence-electron chi connectivity index (χ1n) is 7.13. The van der Waals surface area contributed by atoms with Crippen LogP contribution in [0.2, 0.25) is 0 Å². The molecule has 0 atom stereocenters. The molecule has 8 nitrogen and oxygen atoms in total. The molecule has 9 heteroatoms. The summed E-state index contributed by atoms with van der Waals surface area (Å²) in [6.45, 7) is 2.57. The predicted molar refractivity (Wildman–Crippen MR) is 85.5 cm³/mol. The lowest BCUT2D eigenvalue weighted by Crippen LogP contribution is -2.40. The lowest BCUT2D eigenvalue weighted by atomic mass is 10.1. The quantitative estimate of drug-likeness (QED) is 0.678. The zero-order valence-electron chi connectivity index (χ0n) is 12.4. The second-order valence-electron chi connectivity index (χ2n) is 5.45. The zero-order valence-corrected chi connectivity index (χ0v) is 13.2. The minimum Gasteiger partial charge on any atom is -0.369 e. The second-order valence-corrected chi connectivity index (χ2v) is 6.33. The maximum Gasteiger partial charge on any atom is 0.273 e. The van der Waals surface area contributed by atoms with Gasteiger partial charge in [0.05, 0.1) is 17.9 Å². The summed E-state index contributed by atoms with van der Waals surface area (Å²) in [6.07, 6.45) is 2.31. The monoisotopic (exact) mass is 330 g/mol. The summed E-state index contributed by atoms with van der Waals surface area (Å²) < 4.78 is 1.80. The number of nitrogens with two attached hydrogens (primary N) is 1. The van der Waals surface area contributed by atoms with Gasteiger partial charge in [-0.15, -0.1) is 11.3 Å². The molecule has 0 aromatic carbocycles. The lowest BCUT2D eigenvalue weighted by Gasteiger charge is -2.27. The molecule has 23 heavy (non-hydrogen) atoms. The highest BCUT2D eigenvalue weighted by Gasteiger charge is 2.28. The number of hydrogen-bond acceptors (Lipinski definition) is 6. The third-order valence-corrected chi connectivity index (χ3v) is 4.77. The van der Waals surface area contributed by atoms with Gasteiger partial charge < -0.3 is 10.6 Å². The van der Waals surface area contributed by atoms with E-state index in [4.69, 9.17) is 5.73 Å². The van der Waals surface area contributed by atoms with Gasteiger partial charge >= 0.3 is 0 Å². The van der Waals surface area contributed by atoms with Crippen molar-refractivity contribution in [3.05, 3.63) is 44.6 Å². The minimum absolute atomic E-state index is 0.0730. The first-order chi connectivity index (χ1) is 11.0. The smallest absolute Gasteiger partial charge is 0.273 e. The number of carbonyl (C=O) groups excluding carboxylic acids is 1. The standard InChI is InChI=1S/C14H14N6O2S/c1-7-10(20-4-5-23-14(20)16-7)12(22)19-3-2-8-9(6-19)17-13(15)18-11(8)21/h4-5H,2-3,6H2,1H3,(H3,15,17,18,21). The predicted octanol–water partition coefficient (Wildman–Crippen LogP) is 0.568. The van der Waals surface area contributed by atoms with Gasteiger partial charge in [0.15, 0.2) is 4.96 Å². The molecule has 1 aliphatic rings. The van der Waals surface area contributed by atoms with Gasteiger partial charge in [-0.1, -0.05) is 0 Å². The highest BCUT2D eigenvalue weighted by atomic mass is 32.1. The maximum absolute atomic E-state index is 12.9. The third-order valence-electron chi connectivity index (χ3n) is 4.02. The van der Waals surface area contributed by atoms with Crippen LogP contribution in [0.3, 0.4) is 0 Å². The fourth-order valence-electron chi connectivity index (χ4n) is 2.93. The molecule has 4 heterocycles. The van der Waals surface area contributed by atoms with Crippen LogP contribution in [0, 0.1) is 6.92 Å². The Bertz CT molecular complexity index is 985. The SMILES string of the molecule is Cc1nc2sccn2c1C(=O)N1CCc2c(nc(N)[nH]c2=O)C1. The van der Waals surface area contributed by atoms with Crippen LogP contribution >= 0.6 is 11.3 Å². The van der Waals surface area contributed by atoms with E-state index in [1.165, 1.54) is 11.3 Å². The van der Waals surface area contributed by atoms with Crippen LogP contribution < -0.4 is 11.3 Å². The Hall–Kier alpha value is -2.68. The Morgan fingerprint density at radius 2 is 2.26 bits per heavy atom. The molecule has 1 aliphatic heterocycles. The number of hydrogen-bond donors (Lipinski definition) is 2. The van der Waals surface area contributed by atoms with Gasteiger partial charge in [0, 0.05) is 23.7 Å². The van der Waals surface area contributed by atoms with Gasteiger partial charge in [0.2, 0.25) is 5.95 Å². The summed E-state index contributed by atoms with van der Waals surface area (Å²) in [5, 5.41) is 1.89. The molecule has 0 saturated carbocycles. The molecule has 0 aliphatic carbocycles. The Balaban J connectivity index is 1.72. The highest BCUT2D eigenvalue weighted by molar-refractivity contribution is 7.15. The van der Waals surface area contributed by atoms with E-state index in [9.17, 15) is 9.59 Å². The number of thiazole rings is 1. The van der Waals surface area contributed by atoms with Gasteiger partial charge in [-0.05, 0) is 13.3 Å². The molecule has 118 valence electrons. The number of rotatable bonds is 1. The number of nitrogens with one attached hydrogen (secondary N) is 1. The number of aryl methyl sites for hydroxylation is 1. The molecule has 0 spiro atoms. The van der Waals surface area contributed by atoms with Crippen molar-refractivity contribution in [1.29, 1.82) is 0 Å². The number of imidazole rings is 1. The minimum atomic E-state index is -0.222. The van der Waals surface area contributed by atoms with Crippen molar-refractivity contribution in [3.8, 4) is 0 Å². The topological polar surface area (TPSA) is 109 Å². The van der Waals surface area contributed by atoms with Gasteiger partial charge in [-0.2, -0.15) is 0 Å². The Morgan fingerprint density at radius 3 is 3.09 bits per heavy atom. The van der Waals surface area contributed by atoms with Crippen molar-refractivity contribution in [3.63, 3.8) is 0 Å². The largest absolute Gasteiger partial charge is 0.369 e. The fraction of sp³-hybridized carbons (Fsp3) is 0.286. The molecule has 3 N–H and O–H groups in total. The number of nitrogen functional groups attached to an aromatic ring is 1. The molecule has 3 aromatic heterocycles. The number of nitrogens with zero attached hydrogens (tertiary/aromatic N) is 4. The Kier molecular flexibility index (Phi) is 2.98. The summed E-state index contributed by atoms with van der Waals surface area (Å²) in [5.74, 6) is -0.0384. The van der Waals surface area contributed by atoms with Gasteiger partial charge in [0.1, 0.15) is 5.69 Å². The number of amides is 1. The van der Waals surface area contributed by atoms with Crippen molar-refractivity contribution in [2.45, 2.75) is 19.9 Å². The number of carbonyl (C=O) groups is 1. The van der Waals surface area contributed by atoms with Crippen molar-refractivity contribution in [2.24, 2.45) is 0 Å². The normalized spacial score (nSPS) is 14.2. The average molecular weight is 330 g/mol. The van der Waals surface area contributed by atoms with Gasteiger partial charge in [0.25, 0.3) is 11.5 Å². The van der Waals surface area contributed by atoms with Crippen LogP contribution in [-0.4, -0.2) is 36.7 Å². The van der Waals surface area contributed by atoms with Crippen molar-refractivity contribution in [1.82, 2.24) is 24.3 Å². The molecule has 4 rings (SSSR count). The van der Waals surface area contributed by atoms with Crippen LogP contribution in [0.5, 0.6) is 0 Å². The molecule has 0 radical (unpaired) electrons. The molecule has 1 amide bonds. The Morgan fingerprint density at radius 1 is 1.43 bits per heavy atom. The van der Waals surface area contributed by atoms with Crippen LogP contribution in [0.15, 0.2) is 16.4 Å². The van der Waals surface area contributed by atoms with E-state index in [0.717, 1.165) is 4.96 Å². The van der Waals surface area contributed by atoms with Crippen molar-refractivity contribution < 1.29 is 4.79 Å². The summed E-state index contributed by atoms with van der Waals surface area (Å²) in [6, 6.07) is 0. The molecule has 0 saturated heterocycles. The first kappa shape index (κ1) is 13.9. The summed E-state index contributed by atoms with van der Waals surface area (Å²) in [7, 11) is 0. The number of H-pyrrole nitrogens is 1. The summed E-state index contributed by atoms with van der Waals surface area (Å²) in [5.41, 5.74) is 7.81. The average Bonchev–Trinajstić information content (AvgIpc) is 3.05. The van der Waals surface area contributed by atoms with E-state index in [1.54, 1.807) is 9.30 Å². The molecule has 3 aromatic rings. The van der Waals surface area contributed by atoms with E-state index < -0.39 is 0 Å². The van der Waals surface area contributed by atoms with Crippen LogP contribution in [0.25, 0.3) is 4.96 Å².